The number of hydrogen-bond acceptors (Lipinski definition) is 10. The topological polar surface area (TPSA) is 184 Å². The Morgan fingerprint density at radius 3 is 2.37 bits per heavy atom. The van der Waals surface area contributed by atoms with Gasteiger partial charge in [0.1, 0.15) is 30.2 Å². The molecule has 166 valence electrons. The summed E-state index contributed by atoms with van der Waals surface area (Å²) < 4.78 is 75.2. The van der Waals surface area contributed by atoms with Gasteiger partial charge in [0, 0.05) is 11.5 Å². The monoisotopic (exact) mass is 454 g/mol. The number of aliphatic hydroxyl groups is 4. The van der Waals surface area contributed by atoms with Crippen LogP contribution in [0.15, 0.2) is 21.3 Å². The average molecular weight is 454 g/mol. The summed E-state index contributed by atoms with van der Waals surface area (Å²) in [5, 5.41) is 38.1. The maximum Gasteiger partial charge on any atom is 0.336 e. The van der Waals surface area contributed by atoms with Gasteiger partial charge in [0.05, 0.1) is 6.61 Å². The largest absolute Gasteiger partial charge is 0.456 e. The number of rotatable bonds is 5. The highest BCUT2D eigenvalue weighted by molar-refractivity contribution is 7.85. The first-order chi connectivity index (χ1) is 13.9. The Kier molecular flexibility index (Phi) is 6.10. The van der Waals surface area contributed by atoms with Gasteiger partial charge in [-0.2, -0.15) is 12.8 Å². The van der Waals surface area contributed by atoms with Crippen LogP contribution in [0.4, 0.5) is 8.78 Å². The van der Waals surface area contributed by atoms with Gasteiger partial charge in [0.15, 0.2) is 17.1 Å². The van der Waals surface area contributed by atoms with E-state index in [0.29, 0.717) is 12.1 Å². The number of fused-ring (bicyclic) bond motifs is 1. The number of halogens is 2. The van der Waals surface area contributed by atoms with Gasteiger partial charge in [0.25, 0.3) is 10.1 Å². The minimum absolute atomic E-state index is 0.444. The summed E-state index contributed by atoms with van der Waals surface area (Å²) in [5.41, 5.74) is -2.55. The van der Waals surface area contributed by atoms with E-state index in [-0.39, 0.29) is 0 Å². The van der Waals surface area contributed by atoms with E-state index in [4.69, 9.17) is 19.1 Å². The fourth-order valence-corrected chi connectivity index (χ4v) is 3.61. The van der Waals surface area contributed by atoms with Crippen molar-refractivity contribution in [2.75, 3.05) is 6.61 Å². The van der Waals surface area contributed by atoms with Crippen molar-refractivity contribution in [1.29, 1.82) is 0 Å². The molecular weight excluding hydrogens is 438 g/mol. The quantitative estimate of drug-likeness (QED) is 0.265. The highest BCUT2D eigenvalue weighted by atomic mass is 32.2. The van der Waals surface area contributed by atoms with Gasteiger partial charge in [-0.15, -0.1) is 0 Å². The highest BCUT2D eigenvalue weighted by Crippen LogP contribution is 2.33. The molecule has 0 amide bonds. The van der Waals surface area contributed by atoms with Crippen LogP contribution in [0.3, 0.4) is 0 Å². The van der Waals surface area contributed by atoms with E-state index < -0.39 is 92.7 Å². The molecule has 5 atom stereocenters. The van der Waals surface area contributed by atoms with E-state index in [1.165, 1.54) is 0 Å². The first-order valence-electron chi connectivity index (χ1n) is 8.30. The summed E-state index contributed by atoms with van der Waals surface area (Å²) in [6.45, 7) is -0.818. The molecule has 0 aliphatic carbocycles. The van der Waals surface area contributed by atoms with Crippen molar-refractivity contribution in [3.05, 3.63) is 39.8 Å². The first-order valence-corrected chi connectivity index (χ1v) is 9.91. The molecule has 30 heavy (non-hydrogen) atoms. The lowest BCUT2D eigenvalue weighted by molar-refractivity contribution is -0.278. The second kappa shape index (κ2) is 8.14. The Hall–Kier alpha value is -2.20. The number of hydrogen-bond donors (Lipinski definition) is 5. The molecule has 1 aliphatic heterocycles. The highest BCUT2D eigenvalue weighted by Gasteiger charge is 2.45. The van der Waals surface area contributed by atoms with Crippen molar-refractivity contribution >= 4 is 21.1 Å². The predicted molar refractivity (Wildman–Crippen MR) is 92.0 cm³/mol. The van der Waals surface area contributed by atoms with Crippen LogP contribution in [0.25, 0.3) is 11.0 Å². The molecule has 0 radical (unpaired) electrons. The summed E-state index contributed by atoms with van der Waals surface area (Å²) in [6.07, 6.45) is -8.95. The summed E-state index contributed by atoms with van der Waals surface area (Å²) in [5.74, 6) is -5.36. The standard InChI is InChI=1S/C16H16F2O11S/c17-7-2-6-5(4-30(24,25)26)1-9(20)28-14(6)10(18)15(7)29-16-13(23)12(22)11(21)8(3-19)27-16/h1-2,8,11-13,16,19,21-23H,3-4H2,(H,24,25,26)/t8?,11-,12-,13?,16+/m1/s1. The van der Waals surface area contributed by atoms with Crippen molar-refractivity contribution in [3.8, 4) is 5.75 Å². The number of aliphatic hydroxyl groups excluding tert-OH is 4. The molecule has 1 fully saturated rings. The third-order valence-corrected chi connectivity index (χ3v) is 5.07. The van der Waals surface area contributed by atoms with Gasteiger partial charge in [-0.3, -0.25) is 4.55 Å². The molecule has 0 spiro atoms. The van der Waals surface area contributed by atoms with Gasteiger partial charge in [-0.25, -0.2) is 9.18 Å². The van der Waals surface area contributed by atoms with E-state index >= 15 is 0 Å². The third-order valence-electron chi connectivity index (χ3n) is 4.39. The predicted octanol–water partition coefficient (Wildman–Crippen LogP) is -1.36. The third kappa shape index (κ3) is 4.29. The van der Waals surface area contributed by atoms with Crippen molar-refractivity contribution in [3.63, 3.8) is 0 Å². The zero-order valence-electron chi connectivity index (χ0n) is 14.8. The van der Waals surface area contributed by atoms with Gasteiger partial charge in [-0.05, 0) is 11.6 Å². The Balaban J connectivity index is 2.06. The minimum atomic E-state index is -4.66. The van der Waals surface area contributed by atoms with E-state index in [1.54, 1.807) is 0 Å². The smallest absolute Gasteiger partial charge is 0.336 e. The molecule has 0 bridgehead atoms. The van der Waals surface area contributed by atoms with Gasteiger partial charge in [-0.1, -0.05) is 0 Å². The van der Waals surface area contributed by atoms with Crippen molar-refractivity contribution in [1.82, 2.24) is 0 Å². The van der Waals surface area contributed by atoms with Crippen LogP contribution in [0.2, 0.25) is 0 Å². The lowest BCUT2D eigenvalue weighted by atomic mass is 9.99. The second-order valence-corrected chi connectivity index (χ2v) is 7.96. The molecule has 3 rings (SSSR count). The summed E-state index contributed by atoms with van der Waals surface area (Å²) in [4.78, 5) is 11.6. The first kappa shape index (κ1) is 22.5. The van der Waals surface area contributed by atoms with E-state index in [1.807, 2.05) is 0 Å². The molecule has 1 aromatic heterocycles. The maximum absolute atomic E-state index is 14.8. The Morgan fingerprint density at radius 2 is 1.77 bits per heavy atom. The second-order valence-electron chi connectivity index (χ2n) is 6.51. The molecule has 14 heteroatoms. The SMILES string of the molecule is O=c1cc(CS(=O)(=O)O)c2cc(F)c(O[C@@H]3OC(CO)[C@@H](O)[C@@H](O)C3O)c(F)c2o1. The molecule has 2 aromatic rings. The molecular formula is C16H16F2O11S. The van der Waals surface area contributed by atoms with E-state index in [9.17, 15) is 37.3 Å². The van der Waals surface area contributed by atoms with Crippen LogP contribution in [-0.4, -0.2) is 70.7 Å². The summed E-state index contributed by atoms with van der Waals surface area (Å²) in [7, 11) is -4.66. The van der Waals surface area contributed by atoms with Gasteiger partial charge >= 0.3 is 5.63 Å². The molecule has 5 N–H and O–H groups in total. The maximum atomic E-state index is 14.8. The van der Waals surface area contributed by atoms with E-state index in [0.717, 1.165) is 0 Å². The van der Waals surface area contributed by atoms with Gasteiger partial charge < -0.3 is 34.3 Å². The molecule has 11 nitrogen and oxygen atoms in total. The minimum Gasteiger partial charge on any atom is -0.456 e. The Morgan fingerprint density at radius 1 is 1.10 bits per heavy atom. The molecule has 1 saturated heterocycles. The zero-order valence-corrected chi connectivity index (χ0v) is 15.6. The Bertz CT molecular complexity index is 1110. The summed E-state index contributed by atoms with van der Waals surface area (Å²) >= 11 is 0. The fourth-order valence-electron chi connectivity index (χ4n) is 2.98. The van der Waals surface area contributed by atoms with Crippen molar-refractivity contribution in [2.24, 2.45) is 0 Å². The van der Waals surface area contributed by atoms with Crippen molar-refractivity contribution in [2.45, 2.75) is 36.5 Å². The van der Waals surface area contributed by atoms with Crippen LogP contribution in [-0.2, 0) is 20.6 Å². The van der Waals surface area contributed by atoms with Gasteiger partial charge in [0.2, 0.25) is 12.1 Å². The molecule has 2 heterocycles. The average Bonchev–Trinajstić information content (AvgIpc) is 2.64. The number of ether oxygens (including phenoxy) is 2. The Labute approximate surface area is 166 Å². The van der Waals surface area contributed by atoms with Crippen LogP contribution in [0.5, 0.6) is 5.75 Å². The molecule has 1 aliphatic rings. The normalized spacial score (nSPS) is 27.4. The van der Waals surface area contributed by atoms with Crippen LogP contribution in [0, 0.1) is 11.6 Å². The summed E-state index contributed by atoms with van der Waals surface area (Å²) in [6, 6.07) is 1.20. The van der Waals surface area contributed by atoms with Crippen LogP contribution < -0.4 is 10.4 Å². The molecule has 0 saturated carbocycles. The molecule has 1 aromatic carbocycles. The fraction of sp³-hybridized carbons (Fsp3) is 0.438. The zero-order chi connectivity index (χ0) is 22.4. The van der Waals surface area contributed by atoms with Crippen molar-refractivity contribution < 1.29 is 56.1 Å². The molecule has 2 unspecified atom stereocenters. The van der Waals surface area contributed by atoms with E-state index in [2.05, 4.69) is 4.42 Å². The van der Waals surface area contributed by atoms with Crippen LogP contribution >= 0.6 is 0 Å². The van der Waals surface area contributed by atoms with Crippen LogP contribution in [0.1, 0.15) is 5.56 Å². The lowest BCUT2D eigenvalue weighted by Crippen LogP contribution is -2.60. The number of benzene rings is 1. The lowest BCUT2D eigenvalue weighted by Gasteiger charge is -2.39.